The van der Waals surface area contributed by atoms with Gasteiger partial charge in [0.2, 0.25) is 0 Å². The van der Waals surface area contributed by atoms with Crippen LogP contribution in [0.2, 0.25) is 0 Å². The van der Waals surface area contributed by atoms with Gasteiger partial charge in [-0.2, -0.15) is 0 Å². The molecule has 0 atom stereocenters. The summed E-state index contributed by atoms with van der Waals surface area (Å²) in [6.45, 7) is 6.50. The third kappa shape index (κ3) is 64.1. The molecule has 3 heteroatoms. The zero-order valence-corrected chi connectivity index (χ0v) is 9.59. The van der Waals surface area contributed by atoms with Crippen LogP contribution < -0.4 is 0 Å². The van der Waals surface area contributed by atoms with Gasteiger partial charge in [-0.1, -0.05) is 0 Å². The second-order valence-electron chi connectivity index (χ2n) is 0.390. The van der Waals surface area contributed by atoms with Gasteiger partial charge in [0.1, 0.15) is 0 Å². The fourth-order valence-corrected chi connectivity index (χ4v) is 0. The van der Waals surface area contributed by atoms with E-state index in [0.717, 1.165) is 0 Å². The van der Waals surface area contributed by atoms with Gasteiger partial charge in [-0.05, 0) is 0 Å². The SMILES string of the molecule is C=C[CH2-].[Br][Zn][Br]. The average molecular weight is 266 g/mol. The molecule has 0 saturated heterocycles. The molecule has 0 aliphatic heterocycles. The first-order chi connectivity index (χ1) is 2.83. The number of allylic oxidation sites excluding steroid dienone is 1. The molecule has 0 aliphatic carbocycles. The molecule has 0 radical (unpaired) electrons. The van der Waals surface area contributed by atoms with Gasteiger partial charge in [-0.3, -0.25) is 0 Å². The first-order valence-electron chi connectivity index (χ1n) is 1.35. The standard InChI is InChI=1S/C3H5.2BrH.Zn/c1-3-2;;;/h3H,1-2H2;2*1H;/q-1;;;+2/p-2. The zero-order chi connectivity index (χ0) is 5.41. The molecule has 0 unspecified atom stereocenters. The van der Waals surface area contributed by atoms with E-state index in [1.807, 2.05) is 0 Å². The van der Waals surface area contributed by atoms with Crippen LogP contribution in [0, 0.1) is 6.92 Å². The molecular weight excluding hydrogens is 261 g/mol. The summed E-state index contributed by atoms with van der Waals surface area (Å²) in [5, 5.41) is 0. The maximum absolute atomic E-state index is 3.25. The Hall–Kier alpha value is 1.19. The van der Waals surface area contributed by atoms with Crippen molar-refractivity contribution in [1.29, 1.82) is 0 Å². The van der Waals surface area contributed by atoms with Crippen molar-refractivity contribution >= 4 is 27.2 Å². The molecule has 0 aromatic carbocycles. The van der Waals surface area contributed by atoms with Crippen molar-refractivity contribution in [2.45, 2.75) is 0 Å². The summed E-state index contributed by atoms with van der Waals surface area (Å²) in [5.74, 6) is 0. The van der Waals surface area contributed by atoms with Crippen LogP contribution in [-0.4, -0.2) is 0 Å². The van der Waals surface area contributed by atoms with Gasteiger partial charge < -0.3 is 0 Å². The molecular formula is C3H5Br2Zn-. The third-order valence-corrected chi connectivity index (χ3v) is 0. The quantitative estimate of drug-likeness (QED) is 0.467. The average Bonchev–Trinajstić information content (AvgIpc) is 1.39. The van der Waals surface area contributed by atoms with Gasteiger partial charge in [0.05, 0.1) is 0 Å². The maximum atomic E-state index is 3.25. The first kappa shape index (κ1) is 10.2. The Morgan fingerprint density at radius 2 is 1.67 bits per heavy atom. The molecule has 0 aliphatic rings. The molecule has 0 rings (SSSR count). The van der Waals surface area contributed by atoms with Crippen molar-refractivity contribution in [3.63, 3.8) is 0 Å². The molecule has 0 spiro atoms. The zero-order valence-electron chi connectivity index (χ0n) is 3.45. The molecule has 0 amide bonds. The van der Waals surface area contributed by atoms with Gasteiger partial charge in [0, 0.05) is 0 Å². The van der Waals surface area contributed by atoms with Crippen LogP contribution >= 0.6 is 27.2 Å². The summed E-state index contributed by atoms with van der Waals surface area (Å²) in [4.78, 5) is 0. The summed E-state index contributed by atoms with van der Waals surface area (Å²) < 4.78 is 0. The number of rotatable bonds is 0. The van der Waals surface area contributed by atoms with Gasteiger partial charge in [-0.15, -0.1) is 0 Å². The van der Waals surface area contributed by atoms with E-state index in [2.05, 4.69) is 40.7 Å². The number of hydrogen-bond acceptors (Lipinski definition) is 0. The van der Waals surface area contributed by atoms with Gasteiger partial charge >= 0.3 is 40.5 Å². The Morgan fingerprint density at radius 3 is 1.67 bits per heavy atom. The van der Waals surface area contributed by atoms with Crippen LogP contribution in [0.1, 0.15) is 0 Å². The molecule has 0 fully saturated rings. The van der Waals surface area contributed by atoms with Crippen molar-refractivity contribution in [3.8, 4) is 0 Å². The van der Waals surface area contributed by atoms with E-state index < -0.39 is 0 Å². The van der Waals surface area contributed by atoms with E-state index in [1.165, 1.54) is 6.08 Å². The van der Waals surface area contributed by atoms with E-state index in [4.69, 9.17) is 0 Å². The third-order valence-electron chi connectivity index (χ3n) is 0. The van der Waals surface area contributed by atoms with Gasteiger partial charge in [0.25, 0.3) is 0 Å². The van der Waals surface area contributed by atoms with Crippen molar-refractivity contribution < 1.29 is 13.2 Å². The van der Waals surface area contributed by atoms with Gasteiger partial charge in [-0.25, -0.2) is 19.6 Å². The Morgan fingerprint density at radius 1 is 1.67 bits per heavy atom. The second-order valence-corrected chi connectivity index (χ2v) is 14.5. The molecule has 0 saturated carbocycles. The van der Waals surface area contributed by atoms with Crippen LogP contribution in [-0.2, 0) is 13.2 Å². The molecule has 6 heavy (non-hydrogen) atoms. The van der Waals surface area contributed by atoms with Crippen LogP contribution in [0.5, 0.6) is 0 Å². The van der Waals surface area contributed by atoms with E-state index in [1.54, 1.807) is 0 Å². The molecule has 0 bridgehead atoms. The van der Waals surface area contributed by atoms with Crippen molar-refractivity contribution in [3.05, 3.63) is 19.6 Å². The van der Waals surface area contributed by atoms with Crippen molar-refractivity contribution in [1.82, 2.24) is 0 Å². The first-order valence-corrected chi connectivity index (χ1v) is 15.2. The Balaban J connectivity index is 0. The van der Waals surface area contributed by atoms with E-state index in [0.29, 0.717) is 0 Å². The summed E-state index contributed by atoms with van der Waals surface area (Å²) in [5.41, 5.74) is 0. The fourth-order valence-electron chi connectivity index (χ4n) is 0. The van der Waals surface area contributed by atoms with Crippen LogP contribution in [0.4, 0.5) is 0 Å². The fraction of sp³-hybridized carbons (Fsp3) is 0. The van der Waals surface area contributed by atoms with E-state index in [-0.39, 0.29) is 13.2 Å². The van der Waals surface area contributed by atoms with Crippen molar-refractivity contribution in [2.24, 2.45) is 0 Å². The monoisotopic (exact) mass is 263 g/mol. The predicted octanol–water partition coefficient (Wildman–Crippen LogP) is 2.70. The molecule has 0 heterocycles. The summed E-state index contributed by atoms with van der Waals surface area (Å²) in [7, 11) is 0. The number of halogens is 2. The molecule has 0 nitrogen and oxygen atoms in total. The molecule has 0 aromatic rings. The Kier molecular flexibility index (Phi) is 27.9. The number of hydrogen-bond donors (Lipinski definition) is 0. The van der Waals surface area contributed by atoms with Crippen LogP contribution in [0.15, 0.2) is 12.7 Å². The topological polar surface area (TPSA) is 0 Å². The van der Waals surface area contributed by atoms with Gasteiger partial charge in [0.15, 0.2) is 0 Å². The molecule has 34 valence electrons. The Bertz CT molecular complexity index is 22.8. The normalized spacial score (nSPS) is 3.67. The minimum absolute atomic E-state index is 0.250. The summed E-state index contributed by atoms with van der Waals surface area (Å²) in [6.07, 6.45) is 1.50. The molecule has 0 N–H and O–H groups in total. The van der Waals surface area contributed by atoms with Crippen LogP contribution in [0.25, 0.3) is 0 Å². The van der Waals surface area contributed by atoms with E-state index in [9.17, 15) is 0 Å². The predicted molar refractivity (Wildman–Crippen MR) is 33.4 cm³/mol. The second kappa shape index (κ2) is 16.4. The summed E-state index contributed by atoms with van der Waals surface area (Å²) >= 11 is 6.25. The Labute approximate surface area is 59.7 Å². The van der Waals surface area contributed by atoms with Crippen molar-refractivity contribution in [2.75, 3.05) is 0 Å². The summed E-state index contributed by atoms with van der Waals surface area (Å²) in [6, 6.07) is 0. The van der Waals surface area contributed by atoms with Crippen LogP contribution in [0.3, 0.4) is 0 Å². The minimum atomic E-state index is -0.250. The van der Waals surface area contributed by atoms with E-state index >= 15 is 0 Å². The molecule has 0 aromatic heterocycles.